The van der Waals surface area contributed by atoms with Gasteiger partial charge in [0.05, 0.1) is 4.90 Å². The van der Waals surface area contributed by atoms with Gasteiger partial charge in [0.2, 0.25) is 10.0 Å². The molecule has 0 aliphatic carbocycles. The van der Waals surface area contributed by atoms with Gasteiger partial charge in [-0.15, -0.1) is 0 Å². The van der Waals surface area contributed by atoms with Gasteiger partial charge in [-0.2, -0.15) is 0 Å². The lowest BCUT2D eigenvalue weighted by Crippen LogP contribution is -2.32. The highest BCUT2D eigenvalue weighted by molar-refractivity contribution is 7.89. The number of sulfonamides is 1. The molecule has 1 heterocycles. The first-order valence-corrected chi connectivity index (χ1v) is 9.62. The van der Waals surface area contributed by atoms with Crippen LogP contribution in [0.1, 0.15) is 22.3 Å². The summed E-state index contributed by atoms with van der Waals surface area (Å²) in [4.78, 5) is 14.2. The maximum absolute atomic E-state index is 12.5. The molecule has 132 valence electrons. The molecule has 0 spiro atoms. The van der Waals surface area contributed by atoms with Crippen molar-refractivity contribution in [3.8, 4) is 0 Å². The van der Waals surface area contributed by atoms with Crippen LogP contribution in [-0.2, 0) is 16.6 Å². The zero-order valence-corrected chi connectivity index (χ0v) is 14.6. The van der Waals surface area contributed by atoms with Crippen molar-refractivity contribution in [3.05, 3.63) is 65.7 Å². The van der Waals surface area contributed by atoms with Crippen LogP contribution in [0.25, 0.3) is 0 Å². The number of nitrogens with one attached hydrogen (secondary N) is 1. The summed E-state index contributed by atoms with van der Waals surface area (Å²) < 4.78 is 27.6. The van der Waals surface area contributed by atoms with Crippen molar-refractivity contribution in [2.24, 2.45) is 5.73 Å². The van der Waals surface area contributed by atoms with E-state index in [4.69, 9.17) is 5.73 Å². The predicted octanol–water partition coefficient (Wildman–Crippen LogP) is 1.34. The van der Waals surface area contributed by atoms with Gasteiger partial charge in [0.25, 0.3) is 5.91 Å². The Balaban J connectivity index is 1.74. The minimum atomic E-state index is -3.69. The van der Waals surface area contributed by atoms with Crippen LogP contribution >= 0.6 is 0 Å². The lowest BCUT2D eigenvalue weighted by atomic mass is 10.2. The van der Waals surface area contributed by atoms with E-state index in [1.807, 2.05) is 30.3 Å². The van der Waals surface area contributed by atoms with E-state index in [1.165, 1.54) is 12.1 Å². The number of likely N-dealkylation sites (tertiary alicyclic amines) is 1. The number of carbonyl (C=O) groups excluding carboxylic acids is 1. The molecule has 1 fully saturated rings. The van der Waals surface area contributed by atoms with Crippen molar-refractivity contribution < 1.29 is 13.2 Å². The Labute approximate surface area is 147 Å². The van der Waals surface area contributed by atoms with Crippen molar-refractivity contribution in [1.29, 1.82) is 0 Å². The Hall–Kier alpha value is -2.22. The van der Waals surface area contributed by atoms with Crippen LogP contribution in [0.2, 0.25) is 0 Å². The number of carbonyl (C=O) groups is 1. The summed E-state index contributed by atoms with van der Waals surface area (Å²) in [6.45, 7) is 1.30. The molecule has 1 saturated heterocycles. The summed E-state index contributed by atoms with van der Waals surface area (Å²) in [6.07, 6.45) is 0.766. The van der Waals surface area contributed by atoms with Crippen LogP contribution in [-0.4, -0.2) is 38.4 Å². The number of rotatable bonds is 5. The fourth-order valence-corrected chi connectivity index (χ4v) is 3.87. The highest BCUT2D eigenvalue weighted by Crippen LogP contribution is 2.16. The summed E-state index contributed by atoms with van der Waals surface area (Å²) in [5, 5.41) is 0. The molecule has 1 amide bonds. The van der Waals surface area contributed by atoms with Crippen molar-refractivity contribution in [2.45, 2.75) is 23.9 Å². The second kappa shape index (κ2) is 7.35. The third-order valence-corrected chi connectivity index (χ3v) is 5.61. The first-order chi connectivity index (χ1) is 12.0. The van der Waals surface area contributed by atoms with E-state index in [9.17, 15) is 13.2 Å². The van der Waals surface area contributed by atoms with Crippen LogP contribution < -0.4 is 10.5 Å². The predicted molar refractivity (Wildman–Crippen MR) is 95.4 cm³/mol. The highest BCUT2D eigenvalue weighted by Gasteiger charge is 2.25. The number of hydrogen-bond donors (Lipinski definition) is 2. The Morgan fingerprint density at radius 1 is 1.16 bits per heavy atom. The summed E-state index contributed by atoms with van der Waals surface area (Å²) in [7, 11) is -3.69. The molecule has 0 radical (unpaired) electrons. The molecule has 1 aliphatic rings. The minimum Gasteiger partial charge on any atom is -0.337 e. The first-order valence-electron chi connectivity index (χ1n) is 8.14. The second-order valence-electron chi connectivity index (χ2n) is 6.14. The third kappa shape index (κ3) is 4.25. The topological polar surface area (TPSA) is 92.5 Å². The molecule has 0 aromatic heterocycles. The van der Waals surface area contributed by atoms with E-state index in [2.05, 4.69) is 4.72 Å². The highest BCUT2D eigenvalue weighted by atomic mass is 32.2. The van der Waals surface area contributed by atoms with E-state index in [1.54, 1.807) is 17.0 Å². The van der Waals surface area contributed by atoms with E-state index < -0.39 is 10.0 Å². The van der Waals surface area contributed by atoms with Crippen LogP contribution in [0.3, 0.4) is 0 Å². The number of nitrogens with two attached hydrogens (primary N) is 1. The van der Waals surface area contributed by atoms with E-state index >= 15 is 0 Å². The molecule has 2 aromatic carbocycles. The van der Waals surface area contributed by atoms with Crippen LogP contribution in [0.4, 0.5) is 0 Å². The SMILES string of the molecule is N[C@@H]1CCN(C(=O)c2cccc(S(=O)(=O)NCc3ccccc3)c2)C1. The summed E-state index contributed by atoms with van der Waals surface area (Å²) in [6, 6.07) is 15.4. The Morgan fingerprint density at radius 3 is 2.60 bits per heavy atom. The minimum absolute atomic E-state index is 0.0107. The summed E-state index contributed by atoms with van der Waals surface area (Å²) in [5.74, 6) is -0.187. The molecule has 7 heteroatoms. The Morgan fingerprint density at radius 2 is 1.92 bits per heavy atom. The van der Waals surface area contributed by atoms with Crippen LogP contribution in [0.5, 0.6) is 0 Å². The maximum atomic E-state index is 12.5. The molecule has 6 nitrogen and oxygen atoms in total. The van der Waals surface area contributed by atoms with Gasteiger partial charge < -0.3 is 10.6 Å². The average molecular weight is 359 g/mol. The zero-order valence-electron chi connectivity index (χ0n) is 13.8. The van der Waals surface area contributed by atoms with Crippen LogP contribution in [0, 0.1) is 0 Å². The molecule has 0 unspecified atom stereocenters. The standard InChI is InChI=1S/C18H21N3O3S/c19-16-9-10-21(13-16)18(22)15-7-4-8-17(11-15)25(23,24)20-12-14-5-2-1-3-6-14/h1-8,11,16,20H,9-10,12-13,19H2/t16-/m1/s1. The fourth-order valence-electron chi connectivity index (χ4n) is 2.81. The van der Waals surface area contributed by atoms with Crippen molar-refractivity contribution in [3.63, 3.8) is 0 Å². The summed E-state index contributed by atoms with van der Waals surface area (Å²) in [5.41, 5.74) is 7.06. The van der Waals surface area contributed by atoms with Gasteiger partial charge in [-0.1, -0.05) is 36.4 Å². The number of hydrogen-bond acceptors (Lipinski definition) is 4. The molecular weight excluding hydrogens is 338 g/mol. The van der Waals surface area contributed by atoms with Gasteiger partial charge in [0.1, 0.15) is 0 Å². The lowest BCUT2D eigenvalue weighted by molar-refractivity contribution is 0.0790. The monoisotopic (exact) mass is 359 g/mol. The van der Waals surface area contributed by atoms with Gasteiger partial charge in [0.15, 0.2) is 0 Å². The zero-order chi connectivity index (χ0) is 17.9. The molecule has 3 rings (SSSR count). The van der Waals surface area contributed by atoms with Crippen LogP contribution in [0.15, 0.2) is 59.5 Å². The molecule has 0 saturated carbocycles. The lowest BCUT2D eigenvalue weighted by Gasteiger charge is -2.16. The normalized spacial score (nSPS) is 17.6. The fraction of sp³-hybridized carbons (Fsp3) is 0.278. The number of nitrogens with zero attached hydrogens (tertiary/aromatic N) is 1. The van der Waals surface area contributed by atoms with Gasteiger partial charge in [0, 0.05) is 31.2 Å². The van der Waals surface area contributed by atoms with E-state index in [-0.39, 0.29) is 23.4 Å². The molecule has 25 heavy (non-hydrogen) atoms. The number of benzene rings is 2. The third-order valence-electron chi connectivity index (χ3n) is 4.21. The second-order valence-corrected chi connectivity index (χ2v) is 7.90. The van der Waals surface area contributed by atoms with Crippen molar-refractivity contribution in [1.82, 2.24) is 9.62 Å². The quantitative estimate of drug-likeness (QED) is 0.842. The van der Waals surface area contributed by atoms with Crippen molar-refractivity contribution >= 4 is 15.9 Å². The number of amides is 1. The molecule has 3 N–H and O–H groups in total. The molecule has 1 aliphatic heterocycles. The smallest absolute Gasteiger partial charge is 0.253 e. The molecule has 1 atom stereocenters. The van der Waals surface area contributed by atoms with E-state index in [0.717, 1.165) is 12.0 Å². The molecular formula is C18H21N3O3S. The van der Waals surface area contributed by atoms with Crippen molar-refractivity contribution in [2.75, 3.05) is 13.1 Å². The molecule has 2 aromatic rings. The molecule has 0 bridgehead atoms. The van der Waals surface area contributed by atoms with Gasteiger partial charge in [-0.25, -0.2) is 13.1 Å². The average Bonchev–Trinajstić information content (AvgIpc) is 3.07. The summed E-state index contributed by atoms with van der Waals surface area (Å²) >= 11 is 0. The van der Waals surface area contributed by atoms with Gasteiger partial charge in [-0.05, 0) is 30.2 Å². The van der Waals surface area contributed by atoms with Gasteiger partial charge >= 0.3 is 0 Å². The Kier molecular flexibility index (Phi) is 5.17. The largest absolute Gasteiger partial charge is 0.337 e. The van der Waals surface area contributed by atoms with E-state index in [0.29, 0.717) is 18.7 Å². The van der Waals surface area contributed by atoms with Gasteiger partial charge in [-0.3, -0.25) is 4.79 Å². The maximum Gasteiger partial charge on any atom is 0.253 e. The Bertz CT molecular complexity index is 853. The first kappa shape index (κ1) is 17.6.